The smallest absolute Gasteiger partial charge is 0.389 e. The van der Waals surface area contributed by atoms with E-state index in [0.717, 1.165) is 6.26 Å². The standard InChI is InChI=1S/C22H24F3N5O3S/c1-13(31)15-6-8-16(9-7-15)29-21-28-11-18(22(23,24)25)20(30-21)27-12-19-17(5-4-10-26-19)14(2)34(3,32)33/h4-11,13-14,31H,12H2,1-3H3,(H2,27,28,29,30). The van der Waals surface area contributed by atoms with Gasteiger partial charge in [0.1, 0.15) is 11.4 Å². The van der Waals surface area contributed by atoms with Crippen LogP contribution in [-0.2, 0) is 22.6 Å². The van der Waals surface area contributed by atoms with Gasteiger partial charge in [0, 0.05) is 24.3 Å². The van der Waals surface area contributed by atoms with Gasteiger partial charge >= 0.3 is 6.18 Å². The summed E-state index contributed by atoms with van der Waals surface area (Å²) in [6.45, 7) is 2.92. The number of anilines is 3. The molecule has 0 bridgehead atoms. The van der Waals surface area contributed by atoms with E-state index in [2.05, 4.69) is 25.6 Å². The maximum Gasteiger partial charge on any atom is 0.421 e. The molecule has 0 aliphatic carbocycles. The molecule has 3 N–H and O–H groups in total. The lowest BCUT2D eigenvalue weighted by Crippen LogP contribution is -2.17. The summed E-state index contributed by atoms with van der Waals surface area (Å²) in [7, 11) is -3.44. The number of sulfone groups is 1. The minimum Gasteiger partial charge on any atom is -0.389 e. The Hall–Kier alpha value is -3.25. The second-order valence-corrected chi connectivity index (χ2v) is 10.1. The highest BCUT2D eigenvalue weighted by Crippen LogP contribution is 2.34. The van der Waals surface area contributed by atoms with Crippen molar-refractivity contribution in [2.24, 2.45) is 0 Å². The predicted molar refractivity (Wildman–Crippen MR) is 122 cm³/mol. The number of rotatable bonds is 8. The van der Waals surface area contributed by atoms with Crippen molar-refractivity contribution in [1.29, 1.82) is 0 Å². The fraction of sp³-hybridized carbons (Fsp3) is 0.318. The molecule has 0 saturated heterocycles. The van der Waals surface area contributed by atoms with Crippen LogP contribution in [0.15, 0.2) is 48.8 Å². The van der Waals surface area contributed by atoms with E-state index < -0.39 is 38.7 Å². The topological polar surface area (TPSA) is 117 Å². The van der Waals surface area contributed by atoms with E-state index in [0.29, 0.717) is 23.0 Å². The fourth-order valence-corrected chi connectivity index (χ4v) is 3.80. The van der Waals surface area contributed by atoms with Crippen molar-refractivity contribution < 1.29 is 26.7 Å². The molecule has 0 saturated carbocycles. The number of aromatic nitrogens is 3. The molecular weight excluding hydrogens is 471 g/mol. The number of halogens is 3. The third kappa shape index (κ3) is 6.20. The van der Waals surface area contributed by atoms with Crippen LogP contribution in [0.3, 0.4) is 0 Å². The predicted octanol–water partition coefficient (Wildman–Crippen LogP) is 4.41. The van der Waals surface area contributed by atoms with E-state index in [4.69, 9.17) is 0 Å². The Morgan fingerprint density at radius 2 is 1.76 bits per heavy atom. The van der Waals surface area contributed by atoms with Gasteiger partial charge in [-0.1, -0.05) is 18.2 Å². The first kappa shape index (κ1) is 25.4. The number of hydrogen-bond donors (Lipinski definition) is 3. The van der Waals surface area contributed by atoms with Crippen LogP contribution in [0.25, 0.3) is 0 Å². The Balaban J connectivity index is 1.89. The van der Waals surface area contributed by atoms with E-state index in [9.17, 15) is 26.7 Å². The Bertz CT molecular complexity index is 1250. The summed E-state index contributed by atoms with van der Waals surface area (Å²) in [6.07, 6.45) is -2.19. The van der Waals surface area contributed by atoms with Crippen LogP contribution in [0.2, 0.25) is 0 Å². The van der Waals surface area contributed by atoms with Crippen molar-refractivity contribution in [2.75, 3.05) is 16.9 Å². The molecule has 34 heavy (non-hydrogen) atoms. The van der Waals surface area contributed by atoms with Crippen LogP contribution < -0.4 is 10.6 Å². The zero-order valence-electron chi connectivity index (χ0n) is 18.6. The van der Waals surface area contributed by atoms with Crippen LogP contribution in [0.4, 0.5) is 30.6 Å². The van der Waals surface area contributed by atoms with Gasteiger partial charge in [0.15, 0.2) is 9.84 Å². The molecule has 0 amide bonds. The lowest BCUT2D eigenvalue weighted by molar-refractivity contribution is -0.137. The van der Waals surface area contributed by atoms with Crippen LogP contribution in [0.5, 0.6) is 0 Å². The lowest BCUT2D eigenvalue weighted by atomic mass is 10.1. The second-order valence-electron chi connectivity index (χ2n) is 7.74. The van der Waals surface area contributed by atoms with E-state index in [1.54, 1.807) is 43.3 Å². The molecule has 182 valence electrons. The summed E-state index contributed by atoms with van der Waals surface area (Å²) in [5.41, 5.74) is 0.794. The Morgan fingerprint density at radius 1 is 1.09 bits per heavy atom. The van der Waals surface area contributed by atoms with Gasteiger partial charge in [0.05, 0.1) is 23.6 Å². The number of nitrogens with zero attached hydrogens (tertiary/aromatic N) is 3. The average molecular weight is 496 g/mol. The molecule has 8 nitrogen and oxygen atoms in total. The van der Waals surface area contributed by atoms with E-state index in [1.807, 2.05) is 0 Å². The first-order valence-electron chi connectivity index (χ1n) is 10.2. The van der Waals surface area contributed by atoms with Gasteiger partial charge in [-0.15, -0.1) is 0 Å². The number of benzene rings is 1. The first-order chi connectivity index (χ1) is 15.9. The van der Waals surface area contributed by atoms with Gasteiger partial charge in [-0.2, -0.15) is 18.2 Å². The minimum absolute atomic E-state index is 0.0777. The van der Waals surface area contributed by atoms with Gasteiger partial charge < -0.3 is 15.7 Å². The van der Waals surface area contributed by atoms with Crippen LogP contribution in [-0.4, -0.2) is 34.7 Å². The molecule has 0 spiro atoms. The number of hydrogen-bond acceptors (Lipinski definition) is 8. The second kappa shape index (κ2) is 9.94. The summed E-state index contributed by atoms with van der Waals surface area (Å²) in [4.78, 5) is 11.9. The molecule has 2 aromatic heterocycles. The van der Waals surface area contributed by atoms with E-state index in [-0.39, 0.29) is 18.2 Å². The Labute approximate surface area is 195 Å². The number of alkyl halides is 3. The maximum atomic E-state index is 13.6. The van der Waals surface area contributed by atoms with Crippen molar-refractivity contribution in [3.05, 3.63) is 71.2 Å². The zero-order chi connectivity index (χ0) is 25.1. The number of aliphatic hydroxyl groups is 1. The molecule has 0 aliphatic heterocycles. The van der Waals surface area contributed by atoms with Crippen molar-refractivity contribution in [2.45, 2.75) is 37.9 Å². The highest BCUT2D eigenvalue weighted by molar-refractivity contribution is 7.90. The molecule has 2 atom stereocenters. The highest BCUT2D eigenvalue weighted by atomic mass is 32.2. The van der Waals surface area contributed by atoms with E-state index >= 15 is 0 Å². The van der Waals surface area contributed by atoms with Crippen molar-refractivity contribution >= 4 is 27.3 Å². The first-order valence-corrected chi connectivity index (χ1v) is 12.2. The molecule has 3 aromatic rings. The summed E-state index contributed by atoms with van der Waals surface area (Å²) in [6, 6.07) is 9.76. The Morgan fingerprint density at radius 3 is 2.35 bits per heavy atom. The Kier molecular flexibility index (Phi) is 7.41. The van der Waals surface area contributed by atoms with Crippen LogP contribution >= 0.6 is 0 Å². The number of nitrogens with one attached hydrogen (secondary N) is 2. The molecule has 0 fully saturated rings. The molecule has 0 aliphatic rings. The molecule has 3 rings (SSSR count). The van der Waals surface area contributed by atoms with Gasteiger partial charge in [-0.3, -0.25) is 4.98 Å². The quantitative estimate of drug-likeness (QED) is 0.421. The molecule has 0 radical (unpaired) electrons. The van der Waals surface area contributed by atoms with E-state index in [1.165, 1.54) is 13.1 Å². The lowest BCUT2D eigenvalue weighted by Gasteiger charge is -2.17. The summed E-state index contributed by atoms with van der Waals surface area (Å²) in [5.74, 6) is -0.555. The van der Waals surface area contributed by atoms with Crippen LogP contribution in [0.1, 0.15) is 47.6 Å². The van der Waals surface area contributed by atoms with Gasteiger partial charge in [-0.05, 0) is 43.2 Å². The van der Waals surface area contributed by atoms with Gasteiger partial charge in [0.25, 0.3) is 0 Å². The summed E-state index contributed by atoms with van der Waals surface area (Å²) in [5, 5.41) is 14.2. The third-order valence-corrected chi connectivity index (χ3v) is 6.71. The third-order valence-electron chi connectivity index (χ3n) is 5.17. The molecule has 2 unspecified atom stereocenters. The van der Waals surface area contributed by atoms with Crippen LogP contribution in [0, 0.1) is 0 Å². The van der Waals surface area contributed by atoms with Crippen molar-refractivity contribution in [1.82, 2.24) is 15.0 Å². The average Bonchev–Trinajstić information content (AvgIpc) is 2.76. The van der Waals surface area contributed by atoms with Crippen molar-refractivity contribution in [3.63, 3.8) is 0 Å². The normalized spacial score (nSPS) is 13.9. The SMILES string of the molecule is CC(O)c1ccc(Nc2ncc(C(F)(F)F)c(NCc3ncccc3C(C)S(C)(=O)=O)n2)cc1. The number of pyridine rings is 1. The molecule has 12 heteroatoms. The monoisotopic (exact) mass is 495 g/mol. The van der Waals surface area contributed by atoms with Gasteiger partial charge in [-0.25, -0.2) is 13.4 Å². The van der Waals surface area contributed by atoms with Gasteiger partial charge in [0.2, 0.25) is 5.95 Å². The highest BCUT2D eigenvalue weighted by Gasteiger charge is 2.35. The molecule has 1 aromatic carbocycles. The largest absolute Gasteiger partial charge is 0.421 e. The minimum atomic E-state index is -4.72. The molecular formula is C22H24F3N5O3S. The fourth-order valence-electron chi connectivity index (χ4n) is 3.12. The summed E-state index contributed by atoms with van der Waals surface area (Å²) >= 11 is 0. The number of aliphatic hydroxyl groups excluding tert-OH is 1. The maximum absolute atomic E-state index is 13.6. The van der Waals surface area contributed by atoms with Crippen molar-refractivity contribution in [3.8, 4) is 0 Å². The zero-order valence-corrected chi connectivity index (χ0v) is 19.4. The summed E-state index contributed by atoms with van der Waals surface area (Å²) < 4.78 is 64.6. The molecule has 2 heterocycles.